The molecule has 2 heterocycles. The number of benzene rings is 2. The van der Waals surface area contributed by atoms with Crippen LogP contribution in [0.5, 0.6) is 0 Å². The lowest BCUT2D eigenvalue weighted by atomic mass is 9.90. The quantitative estimate of drug-likeness (QED) is 0.196. The predicted octanol–water partition coefficient (Wildman–Crippen LogP) is 9.16. The summed E-state index contributed by atoms with van der Waals surface area (Å²) in [5.41, 5.74) is 9.28. The molecule has 4 heteroatoms. The van der Waals surface area contributed by atoms with Crippen molar-refractivity contribution in [1.82, 2.24) is 9.97 Å². The smallest absolute Gasteiger partial charge is 0.0695 e. The molecule has 0 saturated heterocycles. The number of allylic oxidation sites excluding steroid dienone is 4. The molecule has 1 aliphatic carbocycles. The van der Waals surface area contributed by atoms with Gasteiger partial charge in [-0.15, -0.1) is 0 Å². The monoisotopic (exact) mass is 576 g/mol. The maximum atomic E-state index is 4.87. The van der Waals surface area contributed by atoms with Crippen LogP contribution in [-0.4, -0.2) is 32.6 Å². The van der Waals surface area contributed by atoms with Crippen LogP contribution in [0.25, 0.3) is 11.1 Å². The van der Waals surface area contributed by atoms with Crippen LogP contribution in [0.3, 0.4) is 0 Å². The van der Waals surface area contributed by atoms with Gasteiger partial charge in [0.25, 0.3) is 0 Å². The summed E-state index contributed by atoms with van der Waals surface area (Å²) in [7, 11) is -1.07. The highest BCUT2D eigenvalue weighted by molar-refractivity contribution is 7.72. The Morgan fingerprint density at radius 3 is 1.56 bits per heavy atom. The first kappa shape index (κ1) is 29.6. The zero-order valence-electron chi connectivity index (χ0n) is 25.3. The molecule has 0 radical (unpaired) electrons. The van der Waals surface area contributed by atoms with Gasteiger partial charge >= 0.3 is 0 Å². The molecule has 210 valence electrons. The van der Waals surface area contributed by atoms with Gasteiger partial charge in [-0.2, -0.15) is 0 Å². The molecule has 0 fully saturated rings. The molecular formula is C37H42N2P2. The highest BCUT2D eigenvalue weighted by atomic mass is 31.1. The van der Waals surface area contributed by atoms with Gasteiger partial charge in [-0.1, -0.05) is 134 Å². The summed E-state index contributed by atoms with van der Waals surface area (Å²) in [6.45, 7) is 14.7. The number of hydrogen-bond acceptors (Lipinski definition) is 2. The summed E-state index contributed by atoms with van der Waals surface area (Å²) in [5, 5.41) is 0.478. The molecule has 0 saturated carbocycles. The van der Waals surface area contributed by atoms with Crippen molar-refractivity contribution in [3.8, 4) is 0 Å². The van der Waals surface area contributed by atoms with Gasteiger partial charge in [0.1, 0.15) is 0 Å². The molecule has 0 amide bonds. The van der Waals surface area contributed by atoms with E-state index in [1.165, 1.54) is 34.0 Å². The van der Waals surface area contributed by atoms with Gasteiger partial charge in [0.15, 0.2) is 0 Å². The van der Waals surface area contributed by atoms with Crippen molar-refractivity contribution in [3.05, 3.63) is 132 Å². The summed E-state index contributed by atoms with van der Waals surface area (Å²) in [4.78, 5) is 9.74. The second kappa shape index (κ2) is 12.5. The van der Waals surface area contributed by atoms with Crippen molar-refractivity contribution in [2.24, 2.45) is 5.92 Å². The van der Waals surface area contributed by atoms with E-state index in [9.17, 15) is 0 Å². The Kier molecular flexibility index (Phi) is 9.03. The Bertz CT molecular complexity index is 1430. The fraction of sp³-hybridized carbons (Fsp3) is 0.297. The Labute approximate surface area is 249 Å². The normalized spacial score (nSPS) is 16.0. The van der Waals surface area contributed by atoms with E-state index < -0.39 is 7.92 Å². The molecule has 0 bridgehead atoms. The fourth-order valence-electron chi connectivity index (χ4n) is 6.16. The standard InChI is InChI=1S/C37H42N2P2/c1-36(2,3)41(37(4,5)6)27-32-30(26-40(33-21-13-15-23-38-33)34-22-14-16-24-39-34)25-31(28-17-9-7-10-18-28)35(32)29-19-11-8-12-20-29/h7-25,32H,26-27H2,1-6H3. The van der Waals surface area contributed by atoms with E-state index in [2.05, 4.69) is 133 Å². The number of rotatable bonds is 8. The second-order valence-corrected chi connectivity index (χ2v) is 18.7. The molecule has 2 aromatic carbocycles. The van der Waals surface area contributed by atoms with Gasteiger partial charge in [0, 0.05) is 32.4 Å². The summed E-state index contributed by atoms with van der Waals surface area (Å²) >= 11 is 0. The SMILES string of the molecule is CC(C)(C)P(CC1C(CP(c2ccccn2)c2ccccn2)=CC(c2ccccc2)=C1c1ccccc1)C(C)(C)C. The van der Waals surface area contributed by atoms with Crippen LogP contribution < -0.4 is 10.9 Å². The lowest BCUT2D eigenvalue weighted by molar-refractivity contribution is 0.694. The molecule has 2 aromatic heterocycles. The van der Waals surface area contributed by atoms with Gasteiger partial charge in [-0.05, 0) is 63.0 Å². The summed E-state index contributed by atoms with van der Waals surface area (Å²) in [6.07, 6.45) is 8.51. The van der Waals surface area contributed by atoms with Crippen LogP contribution in [0.2, 0.25) is 0 Å². The van der Waals surface area contributed by atoms with Crippen molar-refractivity contribution < 1.29 is 0 Å². The minimum absolute atomic E-state index is 0.239. The van der Waals surface area contributed by atoms with Crippen LogP contribution in [0, 0.1) is 5.92 Å². The Morgan fingerprint density at radius 2 is 1.10 bits per heavy atom. The highest BCUT2D eigenvalue weighted by Crippen LogP contribution is 2.63. The van der Waals surface area contributed by atoms with Crippen molar-refractivity contribution in [3.63, 3.8) is 0 Å². The minimum atomic E-state index is -0.756. The number of aromatic nitrogens is 2. The van der Waals surface area contributed by atoms with Crippen LogP contribution in [0.15, 0.2) is 121 Å². The topological polar surface area (TPSA) is 25.8 Å². The first-order valence-electron chi connectivity index (χ1n) is 14.6. The third kappa shape index (κ3) is 6.94. The van der Waals surface area contributed by atoms with Crippen LogP contribution in [0.4, 0.5) is 0 Å². The molecule has 1 unspecified atom stereocenters. The first-order valence-corrected chi connectivity index (χ1v) is 17.6. The van der Waals surface area contributed by atoms with Crippen LogP contribution >= 0.6 is 15.8 Å². The van der Waals surface area contributed by atoms with E-state index in [1.807, 2.05) is 24.5 Å². The molecule has 0 N–H and O–H groups in total. The molecule has 2 nitrogen and oxygen atoms in total. The number of pyridine rings is 2. The molecular weight excluding hydrogens is 534 g/mol. The van der Waals surface area contributed by atoms with Crippen LogP contribution in [-0.2, 0) is 0 Å². The predicted molar refractivity (Wildman–Crippen MR) is 182 cm³/mol. The number of nitrogens with zero attached hydrogens (tertiary/aromatic N) is 2. The molecule has 0 spiro atoms. The number of hydrogen-bond donors (Lipinski definition) is 0. The average Bonchev–Trinajstić information content (AvgIpc) is 3.33. The third-order valence-corrected chi connectivity index (χ3v) is 14.0. The van der Waals surface area contributed by atoms with Crippen molar-refractivity contribution in [2.45, 2.75) is 51.9 Å². The van der Waals surface area contributed by atoms with Crippen LogP contribution in [0.1, 0.15) is 52.7 Å². The van der Waals surface area contributed by atoms with E-state index in [4.69, 9.17) is 9.97 Å². The van der Waals surface area contributed by atoms with Gasteiger partial charge in [0.2, 0.25) is 0 Å². The minimum Gasteiger partial charge on any atom is -0.256 e. The molecule has 4 aromatic rings. The maximum absolute atomic E-state index is 4.87. The van der Waals surface area contributed by atoms with E-state index in [1.54, 1.807) is 0 Å². The van der Waals surface area contributed by atoms with Crippen molar-refractivity contribution >= 4 is 37.9 Å². The summed E-state index contributed by atoms with van der Waals surface area (Å²) in [5.74, 6) is 0.342. The average molecular weight is 577 g/mol. The van der Waals surface area contributed by atoms with Gasteiger partial charge in [-0.3, -0.25) is 9.97 Å². The van der Waals surface area contributed by atoms with E-state index in [0.717, 1.165) is 17.0 Å². The van der Waals surface area contributed by atoms with E-state index in [0.29, 0.717) is 5.92 Å². The Hall–Kier alpha value is -2.92. The summed E-state index contributed by atoms with van der Waals surface area (Å²) < 4.78 is 0. The van der Waals surface area contributed by atoms with E-state index >= 15 is 0 Å². The van der Waals surface area contributed by atoms with Gasteiger partial charge in [0.05, 0.1) is 10.9 Å². The van der Waals surface area contributed by atoms with Crippen molar-refractivity contribution in [2.75, 3.05) is 12.3 Å². The molecule has 41 heavy (non-hydrogen) atoms. The third-order valence-electron chi connectivity index (χ3n) is 7.76. The first-order chi connectivity index (χ1) is 19.6. The highest BCUT2D eigenvalue weighted by Gasteiger charge is 2.40. The lowest BCUT2D eigenvalue weighted by Crippen LogP contribution is -2.30. The summed E-state index contributed by atoms with van der Waals surface area (Å²) in [6, 6.07) is 34.7. The maximum Gasteiger partial charge on any atom is 0.0695 e. The van der Waals surface area contributed by atoms with Gasteiger partial charge < -0.3 is 0 Å². The lowest BCUT2D eigenvalue weighted by Gasteiger charge is -2.44. The molecule has 0 aliphatic heterocycles. The van der Waals surface area contributed by atoms with Gasteiger partial charge in [-0.25, -0.2) is 0 Å². The Morgan fingerprint density at radius 1 is 0.610 bits per heavy atom. The zero-order valence-corrected chi connectivity index (χ0v) is 27.0. The molecule has 1 aliphatic rings. The van der Waals surface area contributed by atoms with E-state index in [-0.39, 0.29) is 18.2 Å². The largest absolute Gasteiger partial charge is 0.256 e. The van der Waals surface area contributed by atoms with Crippen molar-refractivity contribution in [1.29, 1.82) is 0 Å². The molecule has 5 rings (SSSR count). The Balaban J connectivity index is 1.68. The zero-order chi connectivity index (χ0) is 29.0. The second-order valence-electron chi connectivity index (χ2n) is 12.7. The molecule has 1 atom stereocenters. The fourth-order valence-corrected chi connectivity index (χ4v) is 12.2.